The van der Waals surface area contributed by atoms with Crippen molar-refractivity contribution in [3.8, 4) is 0 Å². The highest BCUT2D eigenvalue weighted by atomic mass is 14.9. The SMILES string of the molecule is CCNC(CC1CC2CCC1C2)C1CC2CCC1C2. The number of hydrogen-bond acceptors (Lipinski definition) is 1. The van der Waals surface area contributed by atoms with E-state index in [1.807, 2.05) is 0 Å². The first-order chi connectivity index (χ1) is 9.33. The van der Waals surface area contributed by atoms with E-state index >= 15 is 0 Å². The molecule has 4 bridgehead atoms. The molecule has 108 valence electrons. The lowest BCUT2D eigenvalue weighted by Crippen LogP contribution is -2.40. The molecule has 1 nitrogen and oxygen atoms in total. The Kier molecular flexibility index (Phi) is 3.38. The summed E-state index contributed by atoms with van der Waals surface area (Å²) in [7, 11) is 0. The van der Waals surface area contributed by atoms with Crippen molar-refractivity contribution >= 4 is 0 Å². The van der Waals surface area contributed by atoms with Gasteiger partial charge in [-0.05, 0) is 87.0 Å². The van der Waals surface area contributed by atoms with Crippen molar-refractivity contribution < 1.29 is 0 Å². The van der Waals surface area contributed by atoms with Gasteiger partial charge in [-0.15, -0.1) is 0 Å². The third-order valence-electron chi connectivity index (χ3n) is 7.22. The third-order valence-corrected chi connectivity index (χ3v) is 7.22. The number of nitrogens with one attached hydrogen (secondary N) is 1. The highest BCUT2D eigenvalue weighted by Crippen LogP contribution is 2.53. The first kappa shape index (κ1) is 12.7. The summed E-state index contributed by atoms with van der Waals surface area (Å²) in [6.07, 6.45) is 14.0. The standard InChI is InChI=1S/C18H31N/c1-2-19-18(17-10-13-4-6-15(17)8-13)11-16-9-12-3-5-14(16)7-12/h12-19H,2-11H2,1H3. The smallest absolute Gasteiger partial charge is 0.0101 e. The molecule has 0 aromatic rings. The first-order valence-corrected chi connectivity index (χ1v) is 9.06. The van der Waals surface area contributed by atoms with E-state index in [9.17, 15) is 0 Å². The molecule has 0 spiro atoms. The molecule has 0 aliphatic heterocycles. The van der Waals surface area contributed by atoms with Crippen molar-refractivity contribution in [3.63, 3.8) is 0 Å². The summed E-state index contributed by atoms with van der Waals surface area (Å²) in [5, 5.41) is 3.90. The molecule has 0 aromatic carbocycles. The monoisotopic (exact) mass is 261 g/mol. The van der Waals surface area contributed by atoms with E-state index < -0.39 is 0 Å². The summed E-state index contributed by atoms with van der Waals surface area (Å²) in [6.45, 7) is 3.49. The fraction of sp³-hybridized carbons (Fsp3) is 1.00. The second-order valence-corrected chi connectivity index (χ2v) is 8.17. The molecule has 0 radical (unpaired) electrons. The highest BCUT2D eigenvalue weighted by Gasteiger charge is 2.45. The minimum absolute atomic E-state index is 0.865. The Morgan fingerprint density at radius 2 is 1.63 bits per heavy atom. The van der Waals surface area contributed by atoms with Gasteiger partial charge < -0.3 is 5.32 Å². The van der Waals surface area contributed by atoms with Crippen LogP contribution in [0.1, 0.15) is 64.7 Å². The molecule has 0 amide bonds. The van der Waals surface area contributed by atoms with E-state index in [1.165, 1.54) is 13.0 Å². The average molecular weight is 261 g/mol. The van der Waals surface area contributed by atoms with Crippen LogP contribution in [0.3, 0.4) is 0 Å². The summed E-state index contributed by atoms with van der Waals surface area (Å²) in [5.41, 5.74) is 0. The summed E-state index contributed by atoms with van der Waals surface area (Å²) in [5.74, 6) is 6.56. The predicted molar refractivity (Wildman–Crippen MR) is 80.0 cm³/mol. The van der Waals surface area contributed by atoms with E-state index in [0.29, 0.717) is 0 Å². The summed E-state index contributed by atoms with van der Waals surface area (Å²) >= 11 is 0. The number of hydrogen-bond donors (Lipinski definition) is 1. The zero-order valence-corrected chi connectivity index (χ0v) is 12.6. The van der Waals surface area contributed by atoms with Gasteiger partial charge in [0.15, 0.2) is 0 Å². The van der Waals surface area contributed by atoms with Crippen LogP contribution in [0, 0.1) is 35.5 Å². The fourth-order valence-corrected chi connectivity index (χ4v) is 6.45. The van der Waals surface area contributed by atoms with Crippen LogP contribution in [0.4, 0.5) is 0 Å². The van der Waals surface area contributed by atoms with Gasteiger partial charge in [-0.1, -0.05) is 19.8 Å². The van der Waals surface area contributed by atoms with Crippen LogP contribution in [0.15, 0.2) is 0 Å². The number of fused-ring (bicyclic) bond motifs is 4. The number of rotatable bonds is 5. The van der Waals surface area contributed by atoms with Gasteiger partial charge in [-0.2, -0.15) is 0 Å². The lowest BCUT2D eigenvalue weighted by molar-refractivity contribution is 0.193. The summed E-state index contributed by atoms with van der Waals surface area (Å²) in [4.78, 5) is 0. The van der Waals surface area contributed by atoms with Crippen LogP contribution in [0.5, 0.6) is 0 Å². The van der Waals surface area contributed by atoms with E-state index in [1.54, 1.807) is 51.4 Å². The van der Waals surface area contributed by atoms with Crippen molar-refractivity contribution in [1.29, 1.82) is 0 Å². The van der Waals surface area contributed by atoms with E-state index in [4.69, 9.17) is 0 Å². The Labute approximate surface area is 118 Å². The highest BCUT2D eigenvalue weighted by molar-refractivity contribution is 4.98. The van der Waals surface area contributed by atoms with Gasteiger partial charge in [-0.3, -0.25) is 0 Å². The van der Waals surface area contributed by atoms with Crippen molar-refractivity contribution in [2.24, 2.45) is 35.5 Å². The van der Waals surface area contributed by atoms with E-state index in [0.717, 1.165) is 41.5 Å². The molecular formula is C18H31N. The second-order valence-electron chi connectivity index (χ2n) is 8.17. The Bertz CT molecular complexity index is 326. The van der Waals surface area contributed by atoms with Gasteiger partial charge in [0.05, 0.1) is 0 Å². The second kappa shape index (κ2) is 5.06. The Morgan fingerprint density at radius 1 is 0.895 bits per heavy atom. The Hall–Kier alpha value is -0.0400. The zero-order valence-electron chi connectivity index (χ0n) is 12.6. The molecule has 4 saturated carbocycles. The Balaban J connectivity index is 1.40. The van der Waals surface area contributed by atoms with Crippen LogP contribution in [-0.2, 0) is 0 Å². The molecule has 4 rings (SSSR count). The topological polar surface area (TPSA) is 12.0 Å². The molecule has 0 aromatic heterocycles. The van der Waals surface area contributed by atoms with E-state index in [2.05, 4.69) is 12.2 Å². The molecule has 1 heteroatoms. The Morgan fingerprint density at radius 3 is 2.16 bits per heavy atom. The van der Waals surface area contributed by atoms with Crippen LogP contribution in [-0.4, -0.2) is 12.6 Å². The lowest BCUT2D eigenvalue weighted by Gasteiger charge is -2.35. The van der Waals surface area contributed by atoms with Crippen LogP contribution in [0.25, 0.3) is 0 Å². The van der Waals surface area contributed by atoms with Crippen LogP contribution in [0.2, 0.25) is 0 Å². The molecule has 19 heavy (non-hydrogen) atoms. The van der Waals surface area contributed by atoms with Crippen molar-refractivity contribution in [1.82, 2.24) is 5.32 Å². The molecule has 7 unspecified atom stereocenters. The van der Waals surface area contributed by atoms with Crippen molar-refractivity contribution in [3.05, 3.63) is 0 Å². The lowest BCUT2D eigenvalue weighted by atomic mass is 9.76. The molecule has 1 N–H and O–H groups in total. The largest absolute Gasteiger partial charge is 0.314 e. The fourth-order valence-electron chi connectivity index (χ4n) is 6.45. The van der Waals surface area contributed by atoms with Gasteiger partial charge in [0.1, 0.15) is 0 Å². The van der Waals surface area contributed by atoms with Gasteiger partial charge in [0, 0.05) is 6.04 Å². The maximum atomic E-state index is 3.90. The van der Waals surface area contributed by atoms with Gasteiger partial charge in [0.25, 0.3) is 0 Å². The maximum Gasteiger partial charge on any atom is 0.0101 e. The van der Waals surface area contributed by atoms with Gasteiger partial charge in [-0.25, -0.2) is 0 Å². The quantitative estimate of drug-likeness (QED) is 0.781. The van der Waals surface area contributed by atoms with Crippen molar-refractivity contribution in [2.75, 3.05) is 6.54 Å². The van der Waals surface area contributed by atoms with Crippen LogP contribution < -0.4 is 5.32 Å². The van der Waals surface area contributed by atoms with Crippen LogP contribution >= 0.6 is 0 Å². The molecule has 0 saturated heterocycles. The summed E-state index contributed by atoms with van der Waals surface area (Å²) < 4.78 is 0. The third kappa shape index (κ3) is 2.26. The average Bonchev–Trinajstić information content (AvgIpc) is 3.18. The first-order valence-electron chi connectivity index (χ1n) is 9.06. The minimum Gasteiger partial charge on any atom is -0.314 e. The van der Waals surface area contributed by atoms with E-state index in [-0.39, 0.29) is 0 Å². The molecule has 7 atom stereocenters. The molecule has 4 fully saturated rings. The minimum atomic E-state index is 0.865. The molecule has 0 heterocycles. The van der Waals surface area contributed by atoms with Gasteiger partial charge >= 0.3 is 0 Å². The molecule has 4 aliphatic carbocycles. The molecular weight excluding hydrogens is 230 g/mol. The van der Waals surface area contributed by atoms with Crippen molar-refractivity contribution in [2.45, 2.75) is 70.8 Å². The summed E-state index contributed by atoms with van der Waals surface area (Å²) in [6, 6.07) is 0.865. The maximum absolute atomic E-state index is 3.90. The van der Waals surface area contributed by atoms with Gasteiger partial charge in [0.2, 0.25) is 0 Å². The predicted octanol–water partition coefficient (Wildman–Crippen LogP) is 4.23. The molecule has 4 aliphatic rings. The zero-order chi connectivity index (χ0) is 12.8. The normalized spacial score (nSPS) is 49.1.